The molecule has 7 nitrogen and oxygen atoms in total. The van der Waals surface area contributed by atoms with E-state index in [0.717, 1.165) is 31.9 Å². The molecule has 1 aliphatic carbocycles. The minimum absolute atomic E-state index is 0.0199. The Hall–Kier alpha value is -1.89. The largest absolute Gasteiger partial charge is 0.377 e. The molecule has 0 aromatic carbocycles. The Kier molecular flexibility index (Phi) is 5.76. The molecular weight excluding hydrogens is 320 g/mol. The van der Waals surface area contributed by atoms with Crippen LogP contribution in [0.15, 0.2) is 12.3 Å². The van der Waals surface area contributed by atoms with Crippen LogP contribution in [0.3, 0.4) is 0 Å². The minimum atomic E-state index is -0.479. The van der Waals surface area contributed by atoms with Gasteiger partial charge in [-0.05, 0) is 39.5 Å². The van der Waals surface area contributed by atoms with E-state index in [2.05, 4.69) is 15.6 Å². The molecular formula is C15H21ClN4O3. The molecule has 0 aliphatic heterocycles. The van der Waals surface area contributed by atoms with Gasteiger partial charge < -0.3 is 10.6 Å². The first-order valence-electron chi connectivity index (χ1n) is 7.73. The van der Waals surface area contributed by atoms with E-state index in [-0.39, 0.29) is 34.7 Å². The molecule has 2 rings (SSSR count). The molecule has 1 aliphatic rings. The summed E-state index contributed by atoms with van der Waals surface area (Å²) in [4.78, 5) is 26.3. The molecule has 0 radical (unpaired) electrons. The Morgan fingerprint density at radius 2 is 2.04 bits per heavy atom. The lowest BCUT2D eigenvalue weighted by Gasteiger charge is -2.29. The molecule has 1 heterocycles. The number of rotatable bonds is 5. The normalized spacial score (nSPS) is 21.0. The van der Waals surface area contributed by atoms with Crippen molar-refractivity contribution in [3.05, 3.63) is 27.5 Å². The maximum Gasteiger partial charge on any atom is 0.310 e. The fourth-order valence-corrected chi connectivity index (χ4v) is 2.96. The van der Waals surface area contributed by atoms with Gasteiger partial charge in [-0.3, -0.25) is 14.9 Å². The predicted molar refractivity (Wildman–Crippen MR) is 88.5 cm³/mol. The third-order valence-corrected chi connectivity index (χ3v) is 4.14. The molecule has 0 spiro atoms. The van der Waals surface area contributed by atoms with Crippen LogP contribution in [0.1, 0.15) is 39.5 Å². The smallest absolute Gasteiger partial charge is 0.310 e. The maximum absolute atomic E-state index is 12.0. The number of nitrogens with one attached hydrogen (secondary N) is 2. The van der Waals surface area contributed by atoms with Crippen LogP contribution in [0.2, 0.25) is 5.15 Å². The van der Waals surface area contributed by atoms with Crippen molar-refractivity contribution in [2.75, 3.05) is 5.32 Å². The Labute approximate surface area is 140 Å². The Morgan fingerprint density at radius 1 is 1.39 bits per heavy atom. The van der Waals surface area contributed by atoms with Gasteiger partial charge in [-0.25, -0.2) is 4.98 Å². The van der Waals surface area contributed by atoms with Gasteiger partial charge in [-0.2, -0.15) is 0 Å². The van der Waals surface area contributed by atoms with Gasteiger partial charge in [-0.1, -0.05) is 11.6 Å². The zero-order chi connectivity index (χ0) is 17.0. The fraction of sp³-hybridized carbons (Fsp3) is 0.600. The average Bonchev–Trinajstić information content (AvgIpc) is 2.47. The van der Waals surface area contributed by atoms with Gasteiger partial charge in [-0.15, -0.1) is 0 Å². The quantitative estimate of drug-likeness (QED) is 0.487. The topological polar surface area (TPSA) is 97.2 Å². The number of nitrogens with zero attached hydrogens (tertiary/aromatic N) is 2. The first kappa shape index (κ1) is 17.5. The lowest BCUT2D eigenvalue weighted by molar-refractivity contribution is -0.384. The highest BCUT2D eigenvalue weighted by atomic mass is 35.5. The summed E-state index contributed by atoms with van der Waals surface area (Å²) in [5, 5.41) is 17.4. The van der Waals surface area contributed by atoms with Gasteiger partial charge in [0.2, 0.25) is 5.91 Å². The predicted octanol–water partition coefficient (Wildman–Crippen LogP) is 3.14. The summed E-state index contributed by atoms with van der Waals surface area (Å²) in [6, 6.07) is 1.70. The molecule has 1 fully saturated rings. The van der Waals surface area contributed by atoms with E-state index < -0.39 is 4.92 Å². The summed E-state index contributed by atoms with van der Waals surface area (Å²) in [5.41, 5.74) is 0.291. The summed E-state index contributed by atoms with van der Waals surface area (Å²) < 4.78 is 0. The second kappa shape index (κ2) is 7.59. The van der Waals surface area contributed by atoms with Crippen molar-refractivity contribution in [1.82, 2.24) is 10.3 Å². The lowest BCUT2D eigenvalue weighted by atomic mass is 9.85. The number of aromatic nitrogens is 1. The Morgan fingerprint density at radius 3 is 2.61 bits per heavy atom. The molecule has 1 aromatic heterocycles. The van der Waals surface area contributed by atoms with Crippen LogP contribution in [-0.4, -0.2) is 27.9 Å². The van der Waals surface area contributed by atoms with E-state index >= 15 is 0 Å². The van der Waals surface area contributed by atoms with E-state index in [0.29, 0.717) is 5.69 Å². The van der Waals surface area contributed by atoms with E-state index in [1.807, 2.05) is 13.8 Å². The highest BCUT2D eigenvalue weighted by molar-refractivity contribution is 6.29. The molecule has 0 unspecified atom stereocenters. The second-order valence-corrected chi connectivity index (χ2v) is 6.52. The summed E-state index contributed by atoms with van der Waals surface area (Å²) >= 11 is 5.83. The Balaban J connectivity index is 1.96. The van der Waals surface area contributed by atoms with Gasteiger partial charge in [0.1, 0.15) is 17.0 Å². The minimum Gasteiger partial charge on any atom is -0.377 e. The summed E-state index contributed by atoms with van der Waals surface area (Å²) in [6.07, 6.45) is 4.26. The third-order valence-electron chi connectivity index (χ3n) is 3.93. The van der Waals surface area contributed by atoms with Crippen molar-refractivity contribution in [2.24, 2.45) is 5.92 Å². The lowest BCUT2D eigenvalue weighted by Crippen LogP contribution is -2.38. The van der Waals surface area contributed by atoms with E-state index in [1.165, 1.54) is 6.07 Å². The summed E-state index contributed by atoms with van der Waals surface area (Å²) in [7, 11) is 0. The first-order chi connectivity index (χ1) is 10.9. The zero-order valence-electron chi connectivity index (χ0n) is 13.2. The van der Waals surface area contributed by atoms with Gasteiger partial charge in [0, 0.05) is 24.1 Å². The van der Waals surface area contributed by atoms with Crippen molar-refractivity contribution in [3.8, 4) is 0 Å². The molecule has 0 atom stereocenters. The molecule has 8 heteroatoms. The standard InChI is InChI=1S/C15H21ClN4O3/c1-9(2)18-15(21)10-3-5-11(6-4-10)19-12-7-14(16)17-8-13(12)20(22)23/h7-11H,3-6H2,1-2H3,(H,17,19)(H,18,21). The van der Waals surface area contributed by atoms with E-state index in [1.54, 1.807) is 0 Å². The molecule has 2 N–H and O–H groups in total. The number of nitro groups is 1. The van der Waals surface area contributed by atoms with Crippen LogP contribution in [-0.2, 0) is 4.79 Å². The van der Waals surface area contributed by atoms with Crippen LogP contribution < -0.4 is 10.6 Å². The highest BCUT2D eigenvalue weighted by Crippen LogP contribution is 2.31. The fourth-order valence-electron chi connectivity index (χ4n) is 2.81. The number of carbonyl (C=O) groups excluding carboxylic acids is 1. The number of anilines is 1. The van der Waals surface area contributed by atoms with Crippen LogP contribution >= 0.6 is 11.6 Å². The monoisotopic (exact) mass is 340 g/mol. The first-order valence-corrected chi connectivity index (χ1v) is 8.11. The van der Waals surface area contributed by atoms with Crippen molar-refractivity contribution in [2.45, 2.75) is 51.6 Å². The molecule has 0 saturated heterocycles. The SMILES string of the molecule is CC(C)NC(=O)C1CCC(Nc2cc(Cl)ncc2[N+](=O)[O-])CC1. The van der Waals surface area contributed by atoms with Crippen LogP contribution in [0.5, 0.6) is 0 Å². The number of halogens is 1. The van der Waals surface area contributed by atoms with Crippen molar-refractivity contribution < 1.29 is 9.72 Å². The van der Waals surface area contributed by atoms with E-state index in [9.17, 15) is 14.9 Å². The molecule has 126 valence electrons. The molecule has 1 aromatic rings. The van der Waals surface area contributed by atoms with Crippen LogP contribution in [0, 0.1) is 16.0 Å². The van der Waals surface area contributed by atoms with Crippen molar-refractivity contribution in [1.29, 1.82) is 0 Å². The average molecular weight is 341 g/mol. The van der Waals surface area contributed by atoms with Crippen LogP contribution in [0.25, 0.3) is 0 Å². The Bertz CT molecular complexity index is 586. The zero-order valence-corrected chi connectivity index (χ0v) is 14.0. The second-order valence-electron chi connectivity index (χ2n) is 6.14. The number of pyridine rings is 1. The summed E-state index contributed by atoms with van der Waals surface area (Å²) in [6.45, 7) is 3.88. The molecule has 1 amide bonds. The maximum atomic E-state index is 12.0. The van der Waals surface area contributed by atoms with Gasteiger partial charge in [0.05, 0.1) is 4.92 Å². The van der Waals surface area contributed by atoms with Gasteiger partial charge in [0.15, 0.2) is 0 Å². The molecule has 0 bridgehead atoms. The number of hydrogen-bond donors (Lipinski definition) is 2. The highest BCUT2D eigenvalue weighted by Gasteiger charge is 2.27. The van der Waals surface area contributed by atoms with E-state index in [4.69, 9.17) is 11.6 Å². The van der Waals surface area contributed by atoms with Crippen LogP contribution in [0.4, 0.5) is 11.4 Å². The third kappa shape index (κ3) is 4.79. The van der Waals surface area contributed by atoms with Gasteiger partial charge in [0.25, 0.3) is 0 Å². The van der Waals surface area contributed by atoms with Crippen molar-refractivity contribution >= 4 is 28.9 Å². The number of hydrogen-bond acceptors (Lipinski definition) is 5. The molecule has 23 heavy (non-hydrogen) atoms. The number of carbonyl (C=O) groups is 1. The number of amides is 1. The summed E-state index contributed by atoms with van der Waals surface area (Å²) in [5.74, 6) is 0.114. The van der Waals surface area contributed by atoms with Gasteiger partial charge >= 0.3 is 5.69 Å². The van der Waals surface area contributed by atoms with Crippen molar-refractivity contribution in [3.63, 3.8) is 0 Å². The molecule has 1 saturated carbocycles.